The molecular weight excluding hydrogens is 268 g/mol. The Bertz CT molecular complexity index is 569. The third kappa shape index (κ3) is 2.15. The van der Waals surface area contributed by atoms with Crippen LogP contribution in [0.25, 0.3) is 0 Å². The third-order valence-corrected chi connectivity index (χ3v) is 4.67. The molecule has 3 rings (SSSR count). The maximum absolute atomic E-state index is 6.57. The monoisotopic (exact) mass is 292 g/mol. The molecule has 1 aromatic rings. The number of methoxy groups -OCH3 is 1. The van der Waals surface area contributed by atoms with Crippen LogP contribution in [-0.4, -0.2) is 32.4 Å². The fourth-order valence-corrected chi connectivity index (χ4v) is 3.29. The van der Waals surface area contributed by atoms with Gasteiger partial charge in [0.05, 0.1) is 7.11 Å². The summed E-state index contributed by atoms with van der Waals surface area (Å²) in [5, 5.41) is 0. The molecule has 0 saturated carbocycles. The second-order valence-corrected chi connectivity index (χ2v) is 6.19. The number of nitrogens with two attached hydrogens (primary N) is 1. The Morgan fingerprint density at radius 2 is 2.00 bits per heavy atom. The Labute approximate surface area is 126 Å². The topological polar surface area (TPSA) is 57.0 Å². The molecule has 116 valence electrons. The summed E-state index contributed by atoms with van der Waals surface area (Å²) in [6.45, 7) is 6.27. The molecule has 0 fully saturated rings. The van der Waals surface area contributed by atoms with Crippen LogP contribution in [0.5, 0.6) is 17.2 Å². The molecule has 0 radical (unpaired) electrons. The molecule has 2 N–H and O–H groups in total. The molecule has 0 aliphatic carbocycles. The van der Waals surface area contributed by atoms with E-state index >= 15 is 0 Å². The van der Waals surface area contributed by atoms with Gasteiger partial charge in [0.15, 0.2) is 11.5 Å². The van der Waals surface area contributed by atoms with Crippen molar-refractivity contribution in [2.45, 2.75) is 38.8 Å². The smallest absolute Gasteiger partial charge is 0.231 e. The van der Waals surface area contributed by atoms with Crippen molar-refractivity contribution >= 4 is 0 Å². The van der Waals surface area contributed by atoms with Gasteiger partial charge in [0, 0.05) is 29.8 Å². The number of likely N-dealkylation sites (N-methyl/N-ethyl adjacent to an activating group) is 1. The molecule has 0 amide bonds. The lowest BCUT2D eigenvalue weighted by atomic mass is 9.81. The summed E-state index contributed by atoms with van der Waals surface area (Å²) in [5.41, 5.74) is 9.71. The van der Waals surface area contributed by atoms with Gasteiger partial charge < -0.3 is 24.8 Å². The van der Waals surface area contributed by atoms with E-state index in [1.807, 2.05) is 0 Å². The number of benzene rings is 1. The van der Waals surface area contributed by atoms with Crippen LogP contribution in [-0.2, 0) is 18.5 Å². The number of hydrogen-bond acceptors (Lipinski definition) is 5. The molecule has 2 aliphatic rings. The van der Waals surface area contributed by atoms with Gasteiger partial charge in [-0.3, -0.25) is 0 Å². The maximum atomic E-state index is 6.57. The standard InChI is InChI=1S/C16H24N2O3/c1-5-16(2,17)12-10-6-7-18(3)8-11(10)13(19-4)15-14(12)20-9-21-15/h5-9,17H2,1-4H3/t16-/m1/s1. The zero-order chi connectivity index (χ0) is 15.2. The van der Waals surface area contributed by atoms with Gasteiger partial charge in [-0.2, -0.15) is 0 Å². The summed E-state index contributed by atoms with van der Waals surface area (Å²) in [6.07, 6.45) is 1.80. The lowest BCUT2D eigenvalue weighted by molar-refractivity contribution is 0.169. The molecule has 21 heavy (non-hydrogen) atoms. The molecule has 0 saturated heterocycles. The first-order valence-corrected chi connectivity index (χ1v) is 7.48. The van der Waals surface area contributed by atoms with Crippen molar-refractivity contribution in [3.05, 3.63) is 16.7 Å². The zero-order valence-corrected chi connectivity index (χ0v) is 13.3. The zero-order valence-electron chi connectivity index (χ0n) is 13.3. The number of ether oxygens (including phenoxy) is 3. The first-order chi connectivity index (χ1) is 9.99. The third-order valence-electron chi connectivity index (χ3n) is 4.67. The highest BCUT2D eigenvalue weighted by Gasteiger charge is 2.37. The van der Waals surface area contributed by atoms with Crippen molar-refractivity contribution < 1.29 is 14.2 Å². The predicted octanol–water partition coefficient (Wildman–Crippen LogP) is 2.00. The summed E-state index contributed by atoms with van der Waals surface area (Å²) in [7, 11) is 3.81. The minimum Gasteiger partial charge on any atom is -0.492 e. The number of fused-ring (bicyclic) bond motifs is 2. The molecule has 1 aromatic carbocycles. The molecule has 0 aromatic heterocycles. The van der Waals surface area contributed by atoms with Crippen molar-refractivity contribution in [2.75, 3.05) is 27.5 Å². The number of rotatable bonds is 3. The van der Waals surface area contributed by atoms with E-state index in [0.29, 0.717) is 5.75 Å². The lowest BCUT2D eigenvalue weighted by Gasteiger charge is -2.34. The summed E-state index contributed by atoms with van der Waals surface area (Å²) < 4.78 is 17.1. The van der Waals surface area contributed by atoms with Crippen LogP contribution < -0.4 is 19.9 Å². The van der Waals surface area contributed by atoms with E-state index in [9.17, 15) is 0 Å². The van der Waals surface area contributed by atoms with Crippen molar-refractivity contribution in [2.24, 2.45) is 5.73 Å². The predicted molar refractivity (Wildman–Crippen MR) is 81.0 cm³/mol. The van der Waals surface area contributed by atoms with Crippen LogP contribution in [0.3, 0.4) is 0 Å². The van der Waals surface area contributed by atoms with Crippen LogP contribution in [0.4, 0.5) is 0 Å². The average molecular weight is 292 g/mol. The van der Waals surface area contributed by atoms with E-state index in [0.717, 1.165) is 43.0 Å². The second kappa shape index (κ2) is 5.07. The summed E-state index contributed by atoms with van der Waals surface area (Å²) in [6, 6.07) is 0. The van der Waals surface area contributed by atoms with Crippen molar-refractivity contribution in [3.8, 4) is 17.2 Å². The number of nitrogens with zero attached hydrogens (tertiary/aromatic N) is 1. The van der Waals surface area contributed by atoms with Gasteiger partial charge in [0.25, 0.3) is 0 Å². The minimum absolute atomic E-state index is 0.233. The summed E-state index contributed by atoms with van der Waals surface area (Å²) >= 11 is 0. The van der Waals surface area contributed by atoms with Crippen LogP contribution >= 0.6 is 0 Å². The molecule has 1 atom stereocenters. The molecule has 2 aliphatic heterocycles. The lowest BCUT2D eigenvalue weighted by Crippen LogP contribution is -2.36. The molecule has 5 heteroatoms. The maximum Gasteiger partial charge on any atom is 0.231 e. The first kappa shape index (κ1) is 14.5. The Balaban J connectivity index is 2.30. The van der Waals surface area contributed by atoms with Crippen LogP contribution in [0.2, 0.25) is 0 Å². The van der Waals surface area contributed by atoms with Crippen LogP contribution in [0.1, 0.15) is 37.0 Å². The van der Waals surface area contributed by atoms with E-state index in [-0.39, 0.29) is 6.79 Å². The van der Waals surface area contributed by atoms with Gasteiger partial charge in [0.1, 0.15) is 0 Å². The van der Waals surface area contributed by atoms with Gasteiger partial charge in [-0.05, 0) is 32.4 Å². The van der Waals surface area contributed by atoms with Crippen LogP contribution in [0.15, 0.2) is 0 Å². The van der Waals surface area contributed by atoms with E-state index in [1.165, 1.54) is 11.1 Å². The Morgan fingerprint density at radius 3 is 2.67 bits per heavy atom. The average Bonchev–Trinajstić information content (AvgIpc) is 2.92. The van der Waals surface area contributed by atoms with E-state index in [4.69, 9.17) is 19.9 Å². The second-order valence-electron chi connectivity index (χ2n) is 6.19. The Hall–Kier alpha value is -1.46. The van der Waals surface area contributed by atoms with Gasteiger partial charge in [-0.1, -0.05) is 6.92 Å². The van der Waals surface area contributed by atoms with Crippen molar-refractivity contribution in [1.82, 2.24) is 4.90 Å². The largest absolute Gasteiger partial charge is 0.492 e. The van der Waals surface area contributed by atoms with Crippen LogP contribution in [0, 0.1) is 0 Å². The van der Waals surface area contributed by atoms with E-state index < -0.39 is 5.54 Å². The minimum atomic E-state index is -0.427. The Kier molecular flexibility index (Phi) is 3.50. The van der Waals surface area contributed by atoms with E-state index in [2.05, 4.69) is 25.8 Å². The highest BCUT2D eigenvalue weighted by Crippen LogP contribution is 2.52. The molecule has 0 bridgehead atoms. The SMILES string of the molecule is CC[C@@](C)(N)c1c2c(c(OC)c3c1OCO3)CN(C)CC2. The molecule has 0 spiro atoms. The van der Waals surface area contributed by atoms with Crippen molar-refractivity contribution in [1.29, 1.82) is 0 Å². The summed E-state index contributed by atoms with van der Waals surface area (Å²) in [5.74, 6) is 2.30. The fraction of sp³-hybridized carbons (Fsp3) is 0.625. The van der Waals surface area contributed by atoms with Crippen molar-refractivity contribution in [3.63, 3.8) is 0 Å². The van der Waals surface area contributed by atoms with Gasteiger partial charge in [0.2, 0.25) is 12.5 Å². The first-order valence-electron chi connectivity index (χ1n) is 7.48. The van der Waals surface area contributed by atoms with Gasteiger partial charge in [-0.15, -0.1) is 0 Å². The quantitative estimate of drug-likeness (QED) is 0.923. The highest BCUT2D eigenvalue weighted by atomic mass is 16.7. The van der Waals surface area contributed by atoms with E-state index in [1.54, 1.807) is 7.11 Å². The normalized spacial score (nSPS) is 20.0. The molecule has 2 heterocycles. The van der Waals surface area contributed by atoms with Gasteiger partial charge >= 0.3 is 0 Å². The molecule has 0 unspecified atom stereocenters. The number of hydrogen-bond donors (Lipinski definition) is 1. The Morgan fingerprint density at radius 1 is 1.29 bits per heavy atom. The molecule has 5 nitrogen and oxygen atoms in total. The molecular formula is C16H24N2O3. The van der Waals surface area contributed by atoms with Gasteiger partial charge in [-0.25, -0.2) is 0 Å². The highest BCUT2D eigenvalue weighted by molar-refractivity contribution is 5.67. The summed E-state index contributed by atoms with van der Waals surface area (Å²) in [4.78, 5) is 2.29. The fourth-order valence-electron chi connectivity index (χ4n) is 3.29.